The van der Waals surface area contributed by atoms with Gasteiger partial charge in [-0.15, -0.1) is 0 Å². The van der Waals surface area contributed by atoms with E-state index in [-0.39, 0.29) is 5.91 Å². The molecular weight excluding hydrogens is 430 g/mol. The number of carbonyl (C=O) groups is 1. The molecule has 0 fully saturated rings. The van der Waals surface area contributed by atoms with E-state index in [1.807, 2.05) is 22.9 Å². The van der Waals surface area contributed by atoms with Crippen molar-refractivity contribution in [2.24, 2.45) is 5.73 Å². The van der Waals surface area contributed by atoms with Crippen LogP contribution in [0.2, 0.25) is 0 Å². The summed E-state index contributed by atoms with van der Waals surface area (Å²) in [5, 5.41) is 8.69. The number of hydrogen-bond acceptors (Lipinski definition) is 5. The molecule has 1 aliphatic rings. The number of nitrogens with two attached hydrogens (primary N) is 1. The lowest BCUT2D eigenvalue weighted by Crippen LogP contribution is -2.43. The van der Waals surface area contributed by atoms with Crippen LogP contribution in [-0.4, -0.2) is 39.1 Å². The summed E-state index contributed by atoms with van der Waals surface area (Å²) >= 11 is 1.78. The molecule has 1 amide bonds. The molecule has 0 spiro atoms. The van der Waals surface area contributed by atoms with Crippen molar-refractivity contribution in [3.8, 4) is 0 Å². The normalized spacial score (nSPS) is 14.1. The predicted octanol–water partition coefficient (Wildman–Crippen LogP) is 3.11. The van der Waals surface area contributed by atoms with Gasteiger partial charge in [0.15, 0.2) is 6.20 Å². The van der Waals surface area contributed by atoms with E-state index in [0.717, 1.165) is 42.4 Å². The lowest BCUT2D eigenvalue weighted by molar-refractivity contribution is -0.658. The molecule has 2 heterocycles. The Morgan fingerprint density at radius 3 is 2.70 bits per heavy atom. The molecular formula is C26H32N5OS+. The van der Waals surface area contributed by atoms with Gasteiger partial charge in [0, 0.05) is 30.6 Å². The second-order valence-electron chi connectivity index (χ2n) is 8.12. The maximum Gasteiger partial charge on any atom is 0.286 e. The molecule has 7 heteroatoms. The number of aromatic nitrogens is 1. The summed E-state index contributed by atoms with van der Waals surface area (Å²) in [6.07, 6.45) is 6.12. The molecule has 0 saturated heterocycles. The summed E-state index contributed by atoms with van der Waals surface area (Å²) in [6.45, 7) is 3.48. The van der Waals surface area contributed by atoms with Crippen molar-refractivity contribution < 1.29 is 9.36 Å². The number of nitrogens with zero attached hydrogens (tertiary/aromatic N) is 2. The van der Waals surface area contributed by atoms with E-state index in [2.05, 4.69) is 71.1 Å². The number of anilines is 1. The van der Waals surface area contributed by atoms with Gasteiger partial charge in [-0.3, -0.25) is 4.79 Å². The highest BCUT2D eigenvalue weighted by Crippen LogP contribution is 2.45. The molecule has 2 aromatic carbocycles. The van der Waals surface area contributed by atoms with Crippen molar-refractivity contribution >= 4 is 40.3 Å². The Hall–Kier alpha value is -2.87. The zero-order valence-corrected chi connectivity index (χ0v) is 19.9. The number of pyridine rings is 1. The Bertz CT molecular complexity index is 1150. The van der Waals surface area contributed by atoms with E-state index in [0.29, 0.717) is 19.6 Å². The maximum absolute atomic E-state index is 12.5. The van der Waals surface area contributed by atoms with Crippen LogP contribution in [0.25, 0.3) is 17.0 Å². The molecule has 1 aliphatic heterocycles. The highest BCUT2D eigenvalue weighted by Gasteiger charge is 2.22. The summed E-state index contributed by atoms with van der Waals surface area (Å²) in [5.74, 6) is 0.0275. The highest BCUT2D eigenvalue weighted by molar-refractivity contribution is 8.03. The van der Waals surface area contributed by atoms with Crippen molar-refractivity contribution in [1.82, 2.24) is 10.6 Å². The Kier molecular flexibility index (Phi) is 7.99. The van der Waals surface area contributed by atoms with Gasteiger partial charge in [0.05, 0.1) is 16.1 Å². The third-order valence-electron chi connectivity index (χ3n) is 5.73. The van der Waals surface area contributed by atoms with E-state index < -0.39 is 0 Å². The van der Waals surface area contributed by atoms with Gasteiger partial charge < -0.3 is 21.3 Å². The Morgan fingerprint density at radius 2 is 1.85 bits per heavy atom. The Labute approximate surface area is 199 Å². The van der Waals surface area contributed by atoms with E-state index in [1.165, 1.54) is 15.6 Å². The molecule has 0 unspecified atom stereocenters. The Morgan fingerprint density at radius 1 is 1.06 bits per heavy atom. The lowest BCUT2D eigenvalue weighted by atomic mass is 10.1. The zero-order valence-electron chi connectivity index (χ0n) is 19.1. The van der Waals surface area contributed by atoms with Gasteiger partial charge in [-0.25, -0.2) is 0 Å². The molecule has 3 aromatic rings. The number of fused-ring (bicyclic) bond motifs is 2. The number of amides is 1. The fourth-order valence-corrected chi connectivity index (χ4v) is 5.06. The minimum atomic E-state index is 0.0275. The first-order valence-electron chi connectivity index (χ1n) is 11.5. The van der Waals surface area contributed by atoms with Crippen molar-refractivity contribution in [1.29, 1.82) is 0 Å². The van der Waals surface area contributed by atoms with Crippen molar-refractivity contribution in [2.75, 3.05) is 38.1 Å². The number of thioether (sulfide) groups is 1. The van der Waals surface area contributed by atoms with E-state index in [1.54, 1.807) is 11.8 Å². The Balaban J connectivity index is 1.44. The third kappa shape index (κ3) is 5.74. The van der Waals surface area contributed by atoms with Crippen LogP contribution in [0, 0.1) is 0 Å². The number of nitrogens with one attached hydrogen (secondary N) is 2. The number of para-hydroxylation sites is 2. The number of carbonyl (C=O) groups excluding carboxylic acids is 1. The minimum Gasteiger partial charge on any atom is -0.351 e. The second-order valence-corrected chi connectivity index (χ2v) is 9.19. The molecule has 0 saturated carbocycles. The molecule has 33 heavy (non-hydrogen) atoms. The predicted molar refractivity (Wildman–Crippen MR) is 137 cm³/mol. The average molecular weight is 463 g/mol. The maximum atomic E-state index is 12.5. The van der Waals surface area contributed by atoms with E-state index in [9.17, 15) is 4.79 Å². The second kappa shape index (κ2) is 11.3. The van der Waals surface area contributed by atoms with Gasteiger partial charge in [-0.05, 0) is 62.3 Å². The SMILES string of the molecule is CN1/C(=C/c2cc[n+](CC(=O)NCCCNCCCN)c3ccccc23)Sc2ccccc21. The molecule has 4 N–H and O–H groups in total. The molecule has 0 aliphatic carbocycles. The van der Waals surface area contributed by atoms with Crippen LogP contribution in [0.1, 0.15) is 18.4 Å². The quantitative estimate of drug-likeness (QED) is 0.319. The molecule has 0 radical (unpaired) electrons. The number of benzene rings is 2. The summed E-state index contributed by atoms with van der Waals surface area (Å²) < 4.78 is 2.02. The van der Waals surface area contributed by atoms with Gasteiger partial charge in [0.2, 0.25) is 12.1 Å². The fourth-order valence-electron chi connectivity index (χ4n) is 3.96. The van der Waals surface area contributed by atoms with Crippen molar-refractivity contribution in [2.45, 2.75) is 24.3 Å². The number of hydrogen-bond donors (Lipinski definition) is 3. The van der Waals surface area contributed by atoms with Crippen LogP contribution in [0.3, 0.4) is 0 Å². The standard InChI is InChI=1S/C26H31N5OS/c1-30-23-10-4-5-11-24(23)33-26(30)18-20-12-17-31(22-9-3-2-8-21(20)22)19-25(32)29-16-7-15-28-14-6-13-27/h2-5,8-12,17-18,28H,6-7,13-16,19,27H2,1H3/p+1. The largest absolute Gasteiger partial charge is 0.351 e. The number of rotatable bonds is 10. The summed E-state index contributed by atoms with van der Waals surface area (Å²) in [5.41, 5.74) is 8.92. The first-order chi connectivity index (χ1) is 16.2. The van der Waals surface area contributed by atoms with Crippen molar-refractivity contribution in [3.63, 3.8) is 0 Å². The van der Waals surface area contributed by atoms with Gasteiger partial charge in [-0.1, -0.05) is 36.0 Å². The smallest absolute Gasteiger partial charge is 0.286 e. The molecule has 172 valence electrons. The molecule has 1 aromatic heterocycles. The van der Waals surface area contributed by atoms with Crippen LogP contribution in [0.5, 0.6) is 0 Å². The van der Waals surface area contributed by atoms with Crippen molar-refractivity contribution in [3.05, 3.63) is 71.4 Å². The summed E-state index contributed by atoms with van der Waals surface area (Å²) in [6, 6.07) is 18.8. The first kappa shape index (κ1) is 23.3. The van der Waals surface area contributed by atoms with Crippen LogP contribution in [-0.2, 0) is 11.3 Å². The van der Waals surface area contributed by atoms with Crippen LogP contribution in [0.15, 0.2) is 70.7 Å². The van der Waals surface area contributed by atoms with E-state index >= 15 is 0 Å². The third-order valence-corrected chi connectivity index (χ3v) is 6.90. The van der Waals surface area contributed by atoms with Gasteiger partial charge in [-0.2, -0.15) is 4.57 Å². The van der Waals surface area contributed by atoms with Gasteiger partial charge >= 0.3 is 0 Å². The van der Waals surface area contributed by atoms with Gasteiger partial charge in [0.25, 0.3) is 5.91 Å². The van der Waals surface area contributed by atoms with Crippen LogP contribution in [0.4, 0.5) is 5.69 Å². The minimum absolute atomic E-state index is 0.0275. The van der Waals surface area contributed by atoms with Gasteiger partial charge in [0.1, 0.15) is 0 Å². The zero-order chi connectivity index (χ0) is 23.0. The monoisotopic (exact) mass is 462 g/mol. The first-order valence-corrected chi connectivity index (χ1v) is 12.3. The molecule has 6 nitrogen and oxygen atoms in total. The van der Waals surface area contributed by atoms with Crippen LogP contribution >= 0.6 is 11.8 Å². The average Bonchev–Trinajstić information content (AvgIpc) is 3.15. The molecule has 0 atom stereocenters. The topological polar surface area (TPSA) is 74.3 Å². The fraction of sp³-hybridized carbons (Fsp3) is 0.308. The highest BCUT2D eigenvalue weighted by atomic mass is 32.2. The summed E-state index contributed by atoms with van der Waals surface area (Å²) in [4.78, 5) is 16.0. The molecule has 4 rings (SSSR count). The van der Waals surface area contributed by atoms with Crippen LogP contribution < -0.4 is 25.8 Å². The summed E-state index contributed by atoms with van der Waals surface area (Å²) in [7, 11) is 2.11. The lowest BCUT2D eigenvalue weighted by Gasteiger charge is -2.13. The molecule has 0 bridgehead atoms. The van der Waals surface area contributed by atoms with E-state index in [4.69, 9.17) is 5.73 Å².